The lowest BCUT2D eigenvalue weighted by Crippen LogP contribution is -2.37. The number of amides is 2. The van der Waals surface area contributed by atoms with Gasteiger partial charge in [-0.2, -0.15) is 0 Å². The van der Waals surface area contributed by atoms with E-state index in [-0.39, 0.29) is 18.4 Å². The molecule has 0 aliphatic heterocycles. The number of hydrogen-bond donors (Lipinski definition) is 2. The third kappa shape index (κ3) is 3.81. The molecule has 0 heterocycles. The van der Waals surface area contributed by atoms with Crippen LogP contribution in [0.1, 0.15) is 30.0 Å². The van der Waals surface area contributed by atoms with Crippen LogP contribution in [0.3, 0.4) is 0 Å². The van der Waals surface area contributed by atoms with Gasteiger partial charge in [0.1, 0.15) is 0 Å². The van der Waals surface area contributed by atoms with E-state index in [9.17, 15) is 9.59 Å². The van der Waals surface area contributed by atoms with Gasteiger partial charge in [0.15, 0.2) is 0 Å². The monoisotopic (exact) mass is 260 g/mol. The highest BCUT2D eigenvalue weighted by Gasteiger charge is 2.12. The summed E-state index contributed by atoms with van der Waals surface area (Å²) in [5.41, 5.74) is 3.80. The van der Waals surface area contributed by atoms with E-state index in [0.29, 0.717) is 13.0 Å². The first kappa shape index (κ1) is 13.6. The minimum absolute atomic E-state index is 0.0532. The van der Waals surface area contributed by atoms with E-state index in [0.717, 1.165) is 18.4 Å². The number of hydrogen-bond acceptors (Lipinski definition) is 2. The minimum atomic E-state index is -0.148. The number of benzene rings is 1. The molecule has 0 atom stereocenters. The van der Waals surface area contributed by atoms with Crippen LogP contribution >= 0.6 is 0 Å². The maximum absolute atomic E-state index is 11.7. The Bertz CT molecular complexity index is 483. The van der Waals surface area contributed by atoms with Gasteiger partial charge in [0.05, 0.1) is 13.0 Å². The summed E-state index contributed by atoms with van der Waals surface area (Å²) in [7, 11) is 0. The maximum Gasteiger partial charge on any atom is 0.239 e. The average Bonchev–Trinajstić information content (AvgIpc) is 2.84. The highest BCUT2D eigenvalue weighted by atomic mass is 16.2. The van der Waals surface area contributed by atoms with Gasteiger partial charge in [-0.1, -0.05) is 18.2 Å². The number of rotatable bonds is 5. The van der Waals surface area contributed by atoms with E-state index in [1.165, 1.54) is 17.5 Å². The number of fused-ring (bicyclic) bond motifs is 1. The Kier molecular flexibility index (Phi) is 4.55. The fraction of sp³-hybridized carbons (Fsp3) is 0.467. The molecule has 1 aromatic carbocycles. The molecule has 2 rings (SSSR count). The molecule has 19 heavy (non-hydrogen) atoms. The Hall–Kier alpha value is -1.84. The molecule has 0 spiro atoms. The molecule has 1 aliphatic rings. The molecule has 4 nitrogen and oxygen atoms in total. The van der Waals surface area contributed by atoms with Crippen molar-refractivity contribution in [2.75, 3.05) is 13.1 Å². The first-order chi connectivity index (χ1) is 9.19. The molecule has 1 aromatic rings. The summed E-state index contributed by atoms with van der Waals surface area (Å²) in [4.78, 5) is 23.0. The van der Waals surface area contributed by atoms with Crippen molar-refractivity contribution < 1.29 is 9.59 Å². The van der Waals surface area contributed by atoms with Gasteiger partial charge in [0.2, 0.25) is 11.8 Å². The van der Waals surface area contributed by atoms with Crippen molar-refractivity contribution in [3.8, 4) is 0 Å². The number of nitrogens with one attached hydrogen (secondary N) is 2. The molecule has 4 heteroatoms. The average molecular weight is 260 g/mol. The summed E-state index contributed by atoms with van der Waals surface area (Å²) in [6.45, 7) is 2.49. The van der Waals surface area contributed by atoms with E-state index in [1.807, 2.05) is 13.0 Å². The Balaban J connectivity index is 1.84. The summed E-state index contributed by atoms with van der Waals surface area (Å²) in [5, 5.41) is 5.28. The topological polar surface area (TPSA) is 58.2 Å². The number of carbonyl (C=O) groups excluding carboxylic acids is 2. The fourth-order valence-electron chi connectivity index (χ4n) is 2.42. The third-order valence-corrected chi connectivity index (χ3v) is 3.35. The van der Waals surface area contributed by atoms with Crippen LogP contribution < -0.4 is 10.6 Å². The summed E-state index contributed by atoms with van der Waals surface area (Å²) in [6.07, 6.45) is 3.82. The first-order valence-electron chi connectivity index (χ1n) is 6.83. The molecule has 0 aromatic heterocycles. The molecule has 0 saturated heterocycles. The standard InChI is InChI=1S/C15H20N2O2/c1-2-16-15(19)10-17-14(18)9-11-6-7-12-4-3-5-13(12)8-11/h6-8H,2-5,9-10H2,1H3,(H,16,19)(H,17,18). The lowest BCUT2D eigenvalue weighted by atomic mass is 10.0. The molecule has 1 aliphatic carbocycles. The van der Waals surface area contributed by atoms with Crippen molar-refractivity contribution in [1.82, 2.24) is 10.6 Å². The molecule has 2 N–H and O–H groups in total. The van der Waals surface area contributed by atoms with Gasteiger partial charge in [0.25, 0.3) is 0 Å². The van der Waals surface area contributed by atoms with Crippen LogP contribution in [0.4, 0.5) is 0 Å². The molecule has 2 amide bonds. The minimum Gasteiger partial charge on any atom is -0.355 e. The van der Waals surface area contributed by atoms with Crippen molar-refractivity contribution in [2.24, 2.45) is 0 Å². The first-order valence-corrected chi connectivity index (χ1v) is 6.83. The van der Waals surface area contributed by atoms with E-state index in [2.05, 4.69) is 22.8 Å². The predicted molar refractivity (Wildman–Crippen MR) is 73.9 cm³/mol. The van der Waals surface area contributed by atoms with E-state index in [1.54, 1.807) is 0 Å². The second-order valence-corrected chi connectivity index (χ2v) is 4.86. The smallest absolute Gasteiger partial charge is 0.239 e. The lowest BCUT2D eigenvalue weighted by Gasteiger charge is -2.07. The van der Waals surface area contributed by atoms with Gasteiger partial charge in [0, 0.05) is 6.54 Å². The highest BCUT2D eigenvalue weighted by molar-refractivity contribution is 5.85. The Labute approximate surface area is 113 Å². The quantitative estimate of drug-likeness (QED) is 0.829. The zero-order valence-corrected chi connectivity index (χ0v) is 11.3. The van der Waals surface area contributed by atoms with Gasteiger partial charge in [-0.3, -0.25) is 9.59 Å². The zero-order valence-electron chi connectivity index (χ0n) is 11.3. The van der Waals surface area contributed by atoms with Gasteiger partial charge in [-0.15, -0.1) is 0 Å². The van der Waals surface area contributed by atoms with E-state index in [4.69, 9.17) is 0 Å². The molecule has 0 saturated carbocycles. The van der Waals surface area contributed by atoms with Crippen LogP contribution in [0.2, 0.25) is 0 Å². The Morgan fingerprint density at radius 3 is 2.68 bits per heavy atom. The SMILES string of the molecule is CCNC(=O)CNC(=O)Cc1ccc2c(c1)CCC2. The van der Waals surface area contributed by atoms with Crippen LogP contribution in [-0.4, -0.2) is 24.9 Å². The van der Waals surface area contributed by atoms with Crippen LogP contribution in [0.5, 0.6) is 0 Å². The summed E-state index contributed by atoms with van der Waals surface area (Å²) >= 11 is 0. The Morgan fingerprint density at radius 2 is 1.89 bits per heavy atom. The second kappa shape index (κ2) is 6.36. The maximum atomic E-state index is 11.7. The number of likely N-dealkylation sites (N-methyl/N-ethyl adjacent to an activating group) is 1. The van der Waals surface area contributed by atoms with Gasteiger partial charge in [-0.25, -0.2) is 0 Å². The van der Waals surface area contributed by atoms with Gasteiger partial charge >= 0.3 is 0 Å². The largest absolute Gasteiger partial charge is 0.355 e. The molecule has 0 radical (unpaired) electrons. The van der Waals surface area contributed by atoms with Crippen molar-refractivity contribution in [3.05, 3.63) is 34.9 Å². The van der Waals surface area contributed by atoms with E-state index >= 15 is 0 Å². The summed E-state index contributed by atoms with van der Waals surface area (Å²) < 4.78 is 0. The summed E-state index contributed by atoms with van der Waals surface area (Å²) in [6, 6.07) is 6.25. The normalized spacial score (nSPS) is 12.9. The lowest BCUT2D eigenvalue weighted by molar-refractivity contribution is -0.125. The summed E-state index contributed by atoms with van der Waals surface area (Å²) in [5.74, 6) is -0.256. The van der Waals surface area contributed by atoms with Gasteiger partial charge < -0.3 is 10.6 Å². The molecule has 102 valence electrons. The van der Waals surface area contributed by atoms with E-state index < -0.39 is 0 Å². The fourth-order valence-corrected chi connectivity index (χ4v) is 2.42. The molecular weight excluding hydrogens is 240 g/mol. The van der Waals surface area contributed by atoms with Crippen molar-refractivity contribution in [1.29, 1.82) is 0 Å². The third-order valence-electron chi connectivity index (χ3n) is 3.35. The molecule has 0 fully saturated rings. The zero-order chi connectivity index (χ0) is 13.7. The molecule has 0 unspecified atom stereocenters. The van der Waals surface area contributed by atoms with Crippen LogP contribution in [0, 0.1) is 0 Å². The van der Waals surface area contributed by atoms with Crippen molar-refractivity contribution in [2.45, 2.75) is 32.6 Å². The number of carbonyl (C=O) groups is 2. The van der Waals surface area contributed by atoms with Crippen molar-refractivity contribution in [3.63, 3.8) is 0 Å². The second-order valence-electron chi connectivity index (χ2n) is 4.86. The van der Waals surface area contributed by atoms with Crippen LogP contribution in [0.15, 0.2) is 18.2 Å². The molecular formula is C15H20N2O2. The van der Waals surface area contributed by atoms with Crippen molar-refractivity contribution >= 4 is 11.8 Å². The van der Waals surface area contributed by atoms with Gasteiger partial charge in [-0.05, 0) is 42.9 Å². The van der Waals surface area contributed by atoms with Crippen LogP contribution in [0.25, 0.3) is 0 Å². The highest BCUT2D eigenvalue weighted by Crippen LogP contribution is 2.22. The van der Waals surface area contributed by atoms with Crippen LogP contribution in [-0.2, 0) is 28.9 Å². The predicted octanol–water partition coefficient (Wildman–Crippen LogP) is 0.970. The molecule has 0 bridgehead atoms. The Morgan fingerprint density at radius 1 is 1.11 bits per heavy atom. The number of aryl methyl sites for hydroxylation is 2.